The number of hydrogen-bond acceptors (Lipinski definition) is 3. The molecule has 0 bridgehead atoms. The van der Waals surface area contributed by atoms with Crippen LogP contribution in [0.4, 0.5) is 5.69 Å². The molecular formula is C13H17BrN4O2. The summed E-state index contributed by atoms with van der Waals surface area (Å²) < 4.78 is 0.676. The lowest BCUT2D eigenvalue weighted by Crippen LogP contribution is -2.45. The smallest absolute Gasteiger partial charge is 0.323 e. The number of imidazole rings is 1. The van der Waals surface area contributed by atoms with Crippen LogP contribution in [0.5, 0.6) is 0 Å². The van der Waals surface area contributed by atoms with E-state index in [2.05, 4.69) is 31.2 Å². The van der Waals surface area contributed by atoms with Crippen LogP contribution >= 0.6 is 15.9 Å². The molecule has 2 rings (SSSR count). The first kappa shape index (κ1) is 14.8. The molecule has 0 radical (unpaired) electrons. The Morgan fingerprint density at radius 2 is 1.85 bits per heavy atom. The summed E-state index contributed by atoms with van der Waals surface area (Å²) in [6.45, 7) is 5.71. The Kier molecular flexibility index (Phi) is 3.75. The summed E-state index contributed by atoms with van der Waals surface area (Å²) in [5.41, 5.74) is 7.15. The Morgan fingerprint density at radius 3 is 2.40 bits per heavy atom. The normalized spacial score (nSPS) is 13.4. The number of anilines is 1. The highest BCUT2D eigenvalue weighted by atomic mass is 79.9. The number of benzene rings is 1. The van der Waals surface area contributed by atoms with Crippen LogP contribution in [0.15, 0.2) is 21.4 Å². The van der Waals surface area contributed by atoms with Crippen molar-refractivity contribution in [2.24, 2.45) is 11.1 Å². The number of aromatic nitrogens is 2. The number of aromatic amines is 2. The molecule has 7 heteroatoms. The SMILES string of the molecule is CC(C)(C)C(N)C(=O)Nc1cc2[nH]c(=O)[nH]c2cc1Br. The second-order valence-corrected chi connectivity index (χ2v) is 6.64. The Balaban J connectivity index is 2.32. The molecule has 0 aliphatic carbocycles. The highest BCUT2D eigenvalue weighted by molar-refractivity contribution is 9.10. The average Bonchev–Trinajstić information content (AvgIpc) is 2.66. The van der Waals surface area contributed by atoms with Crippen LogP contribution in [0.1, 0.15) is 20.8 Å². The minimum Gasteiger partial charge on any atom is -0.324 e. The van der Waals surface area contributed by atoms with Gasteiger partial charge in [-0.15, -0.1) is 0 Å². The fourth-order valence-electron chi connectivity index (χ4n) is 1.76. The number of H-pyrrole nitrogens is 2. The quantitative estimate of drug-likeness (QED) is 0.671. The highest BCUT2D eigenvalue weighted by Crippen LogP contribution is 2.27. The fraction of sp³-hybridized carbons (Fsp3) is 0.385. The third kappa shape index (κ3) is 2.94. The average molecular weight is 341 g/mol. The van der Waals surface area contributed by atoms with Crippen molar-refractivity contribution in [3.8, 4) is 0 Å². The maximum absolute atomic E-state index is 12.1. The van der Waals surface area contributed by atoms with Gasteiger partial charge in [0.25, 0.3) is 0 Å². The zero-order valence-corrected chi connectivity index (χ0v) is 13.1. The van der Waals surface area contributed by atoms with Crippen molar-refractivity contribution in [1.29, 1.82) is 0 Å². The van der Waals surface area contributed by atoms with Gasteiger partial charge >= 0.3 is 5.69 Å². The lowest BCUT2D eigenvalue weighted by Gasteiger charge is -2.26. The van der Waals surface area contributed by atoms with Crippen molar-refractivity contribution in [2.45, 2.75) is 26.8 Å². The number of carbonyl (C=O) groups is 1. The van der Waals surface area contributed by atoms with E-state index in [9.17, 15) is 9.59 Å². The zero-order valence-electron chi connectivity index (χ0n) is 11.5. The van der Waals surface area contributed by atoms with Crippen molar-refractivity contribution in [2.75, 3.05) is 5.32 Å². The van der Waals surface area contributed by atoms with Gasteiger partial charge in [-0.2, -0.15) is 0 Å². The van der Waals surface area contributed by atoms with Crippen LogP contribution in [-0.4, -0.2) is 21.9 Å². The van der Waals surface area contributed by atoms with E-state index in [1.54, 1.807) is 12.1 Å². The lowest BCUT2D eigenvalue weighted by atomic mass is 9.87. The summed E-state index contributed by atoms with van der Waals surface area (Å²) in [5.74, 6) is -0.268. The summed E-state index contributed by atoms with van der Waals surface area (Å²) in [4.78, 5) is 28.6. The van der Waals surface area contributed by atoms with Gasteiger partial charge in [0, 0.05) is 4.47 Å². The van der Waals surface area contributed by atoms with E-state index in [-0.39, 0.29) is 17.0 Å². The molecule has 1 amide bonds. The van der Waals surface area contributed by atoms with Gasteiger partial charge in [0.1, 0.15) is 0 Å². The molecule has 20 heavy (non-hydrogen) atoms. The number of carbonyl (C=O) groups excluding carboxylic acids is 1. The van der Waals surface area contributed by atoms with Gasteiger partial charge in [-0.1, -0.05) is 20.8 Å². The molecule has 1 unspecified atom stereocenters. The molecule has 0 aliphatic heterocycles. The Labute approximate surface area is 124 Å². The molecule has 2 aromatic rings. The molecule has 1 aromatic carbocycles. The third-order valence-electron chi connectivity index (χ3n) is 3.08. The van der Waals surface area contributed by atoms with E-state index < -0.39 is 6.04 Å². The van der Waals surface area contributed by atoms with E-state index >= 15 is 0 Å². The number of fused-ring (bicyclic) bond motifs is 1. The molecule has 0 aliphatic rings. The Bertz CT molecular complexity index is 711. The Morgan fingerprint density at radius 1 is 1.30 bits per heavy atom. The van der Waals surface area contributed by atoms with Crippen LogP contribution in [-0.2, 0) is 4.79 Å². The van der Waals surface area contributed by atoms with Gasteiger partial charge in [-0.25, -0.2) is 4.79 Å². The van der Waals surface area contributed by atoms with Gasteiger partial charge in [0.05, 0.1) is 22.8 Å². The van der Waals surface area contributed by atoms with Gasteiger partial charge in [0.2, 0.25) is 5.91 Å². The number of nitrogens with two attached hydrogens (primary N) is 1. The molecule has 5 N–H and O–H groups in total. The number of amides is 1. The molecule has 1 atom stereocenters. The lowest BCUT2D eigenvalue weighted by molar-refractivity contribution is -0.119. The second kappa shape index (κ2) is 5.06. The summed E-state index contributed by atoms with van der Waals surface area (Å²) in [6.07, 6.45) is 0. The zero-order chi connectivity index (χ0) is 15.1. The predicted molar refractivity (Wildman–Crippen MR) is 82.7 cm³/mol. The number of rotatable bonds is 2. The first-order valence-corrected chi connectivity index (χ1v) is 6.96. The largest absolute Gasteiger partial charge is 0.324 e. The van der Waals surface area contributed by atoms with E-state index in [0.717, 1.165) is 0 Å². The van der Waals surface area contributed by atoms with Crippen molar-refractivity contribution in [3.63, 3.8) is 0 Å². The van der Waals surface area contributed by atoms with Gasteiger partial charge in [0.15, 0.2) is 0 Å². The van der Waals surface area contributed by atoms with Crippen LogP contribution in [0.25, 0.3) is 11.0 Å². The third-order valence-corrected chi connectivity index (χ3v) is 3.73. The standard InChI is InChI=1S/C13H17BrN4O2/c1-13(2,3)10(15)11(19)16-7-5-9-8(4-6(7)14)17-12(20)18-9/h4-5,10H,15H2,1-3H3,(H,16,19)(H2,17,18,20). The number of hydrogen-bond donors (Lipinski definition) is 4. The van der Waals surface area contributed by atoms with E-state index in [1.807, 2.05) is 20.8 Å². The van der Waals surface area contributed by atoms with E-state index in [1.165, 1.54) is 0 Å². The van der Waals surface area contributed by atoms with Gasteiger partial charge < -0.3 is 21.0 Å². The molecule has 1 aromatic heterocycles. The van der Waals surface area contributed by atoms with Crippen molar-refractivity contribution in [3.05, 3.63) is 27.1 Å². The highest BCUT2D eigenvalue weighted by Gasteiger charge is 2.27. The maximum Gasteiger partial charge on any atom is 0.323 e. The summed E-state index contributed by atoms with van der Waals surface area (Å²) >= 11 is 3.36. The first-order chi connectivity index (χ1) is 9.18. The molecule has 1 heterocycles. The van der Waals surface area contributed by atoms with E-state index in [0.29, 0.717) is 21.2 Å². The van der Waals surface area contributed by atoms with Crippen molar-refractivity contribution < 1.29 is 4.79 Å². The summed E-state index contributed by atoms with van der Waals surface area (Å²) in [7, 11) is 0. The van der Waals surface area contributed by atoms with Crippen LogP contribution < -0.4 is 16.7 Å². The minimum atomic E-state index is -0.629. The molecular weight excluding hydrogens is 324 g/mol. The van der Waals surface area contributed by atoms with Crippen LogP contribution in [0, 0.1) is 5.41 Å². The number of halogens is 1. The van der Waals surface area contributed by atoms with Crippen molar-refractivity contribution >= 4 is 38.6 Å². The second-order valence-electron chi connectivity index (χ2n) is 5.79. The van der Waals surface area contributed by atoms with Crippen molar-refractivity contribution in [1.82, 2.24) is 9.97 Å². The summed E-state index contributed by atoms with van der Waals surface area (Å²) in [6, 6.07) is 2.78. The van der Waals surface area contributed by atoms with Gasteiger partial charge in [-0.3, -0.25) is 4.79 Å². The Hall–Kier alpha value is -1.60. The molecule has 6 nitrogen and oxygen atoms in total. The molecule has 0 fully saturated rings. The minimum absolute atomic E-state index is 0.268. The maximum atomic E-state index is 12.1. The first-order valence-electron chi connectivity index (χ1n) is 6.16. The van der Waals surface area contributed by atoms with Crippen LogP contribution in [0.3, 0.4) is 0 Å². The van der Waals surface area contributed by atoms with Gasteiger partial charge in [-0.05, 0) is 33.5 Å². The molecule has 0 saturated carbocycles. The fourth-order valence-corrected chi connectivity index (χ4v) is 2.20. The predicted octanol–water partition coefficient (Wildman–Crippen LogP) is 1.93. The molecule has 0 spiro atoms. The molecule has 108 valence electrons. The molecule has 0 saturated heterocycles. The van der Waals surface area contributed by atoms with Crippen LogP contribution in [0.2, 0.25) is 0 Å². The topological polar surface area (TPSA) is 104 Å². The summed E-state index contributed by atoms with van der Waals surface area (Å²) in [5, 5.41) is 2.77. The number of nitrogens with one attached hydrogen (secondary N) is 3. The monoisotopic (exact) mass is 340 g/mol. The van der Waals surface area contributed by atoms with E-state index in [4.69, 9.17) is 5.73 Å².